The molecule has 0 saturated carbocycles. The summed E-state index contributed by atoms with van der Waals surface area (Å²) in [4.78, 5) is 27.6. The van der Waals surface area contributed by atoms with E-state index in [2.05, 4.69) is 11.4 Å². The number of hydrogen-bond donors (Lipinski definition) is 1. The lowest BCUT2D eigenvalue weighted by Gasteiger charge is -2.39. The first-order chi connectivity index (χ1) is 9.07. The van der Waals surface area contributed by atoms with Crippen molar-refractivity contribution in [2.24, 2.45) is 5.41 Å². The van der Waals surface area contributed by atoms with Crippen LogP contribution in [0.15, 0.2) is 0 Å². The molecule has 2 saturated heterocycles. The second-order valence-electron chi connectivity index (χ2n) is 5.19. The number of amides is 3. The number of carbonyl (C=O) groups excluding carboxylic acids is 2. The summed E-state index contributed by atoms with van der Waals surface area (Å²) >= 11 is 0. The molecule has 3 amide bonds. The van der Waals surface area contributed by atoms with Crippen molar-refractivity contribution in [1.82, 2.24) is 15.1 Å². The molecule has 2 rings (SSSR count). The summed E-state index contributed by atoms with van der Waals surface area (Å²) < 4.78 is 0. The first-order valence-corrected chi connectivity index (χ1v) is 6.83. The Morgan fingerprint density at radius 2 is 2.16 bits per heavy atom. The predicted molar refractivity (Wildman–Crippen MR) is 69.1 cm³/mol. The van der Waals surface area contributed by atoms with Gasteiger partial charge in [-0.1, -0.05) is 13.8 Å². The second-order valence-corrected chi connectivity index (χ2v) is 5.19. The first-order valence-electron chi connectivity index (χ1n) is 6.83. The van der Waals surface area contributed by atoms with E-state index in [4.69, 9.17) is 0 Å². The Bertz CT molecular complexity index is 425. The van der Waals surface area contributed by atoms with E-state index in [1.807, 2.05) is 13.8 Å². The van der Waals surface area contributed by atoms with E-state index in [-0.39, 0.29) is 18.0 Å². The van der Waals surface area contributed by atoms with Gasteiger partial charge >= 0.3 is 6.03 Å². The number of carbonyl (C=O) groups is 2. The number of piperazine rings is 1. The van der Waals surface area contributed by atoms with Crippen LogP contribution in [0, 0.1) is 16.7 Å². The van der Waals surface area contributed by atoms with Crippen LogP contribution in [-0.2, 0) is 4.79 Å². The molecule has 6 nitrogen and oxygen atoms in total. The number of rotatable bonds is 3. The maximum atomic E-state index is 12.6. The van der Waals surface area contributed by atoms with Gasteiger partial charge in [0.15, 0.2) is 0 Å². The molecule has 104 valence electrons. The van der Waals surface area contributed by atoms with Crippen LogP contribution in [0.5, 0.6) is 0 Å². The maximum absolute atomic E-state index is 12.6. The molecule has 19 heavy (non-hydrogen) atoms. The first kappa shape index (κ1) is 13.7. The topological polar surface area (TPSA) is 76.4 Å². The molecule has 0 bridgehead atoms. The summed E-state index contributed by atoms with van der Waals surface area (Å²) in [6.45, 7) is 5.94. The van der Waals surface area contributed by atoms with E-state index in [1.165, 1.54) is 0 Å². The van der Waals surface area contributed by atoms with Crippen molar-refractivity contribution in [3.05, 3.63) is 0 Å². The Balaban J connectivity index is 2.10. The molecule has 0 aromatic rings. The summed E-state index contributed by atoms with van der Waals surface area (Å²) in [5.74, 6) is -0.0843. The minimum atomic E-state index is -0.905. The Kier molecular flexibility index (Phi) is 3.65. The van der Waals surface area contributed by atoms with Gasteiger partial charge in [0.1, 0.15) is 5.41 Å². The zero-order chi connectivity index (χ0) is 14.0. The molecule has 1 atom stereocenters. The van der Waals surface area contributed by atoms with Crippen LogP contribution >= 0.6 is 0 Å². The van der Waals surface area contributed by atoms with Gasteiger partial charge < -0.3 is 15.1 Å². The minimum absolute atomic E-state index is 0.0466. The van der Waals surface area contributed by atoms with Crippen molar-refractivity contribution in [1.29, 1.82) is 5.26 Å². The lowest BCUT2D eigenvalue weighted by molar-refractivity contribution is -0.141. The van der Waals surface area contributed by atoms with E-state index in [1.54, 1.807) is 9.80 Å². The van der Waals surface area contributed by atoms with Gasteiger partial charge in [-0.3, -0.25) is 4.79 Å². The molecule has 0 aromatic heterocycles. The van der Waals surface area contributed by atoms with E-state index in [9.17, 15) is 14.9 Å². The summed E-state index contributed by atoms with van der Waals surface area (Å²) in [7, 11) is 0. The number of nitriles is 1. The fraction of sp³-hybridized carbons (Fsp3) is 0.769. The largest absolute Gasteiger partial charge is 0.337 e. The number of urea groups is 1. The van der Waals surface area contributed by atoms with E-state index >= 15 is 0 Å². The van der Waals surface area contributed by atoms with E-state index in [0.717, 1.165) is 0 Å². The molecule has 0 spiro atoms. The van der Waals surface area contributed by atoms with Crippen molar-refractivity contribution < 1.29 is 9.59 Å². The van der Waals surface area contributed by atoms with Crippen molar-refractivity contribution in [3.8, 4) is 6.07 Å². The van der Waals surface area contributed by atoms with Crippen molar-refractivity contribution in [3.63, 3.8) is 0 Å². The number of nitrogens with one attached hydrogen (secondary N) is 1. The summed E-state index contributed by atoms with van der Waals surface area (Å²) in [5.41, 5.74) is -0.905. The SMILES string of the molecule is CCC(C#N)(CC)C(=O)N1CCN2C(=O)NCC2C1. The third-order valence-electron chi connectivity index (χ3n) is 4.35. The average Bonchev–Trinajstić information content (AvgIpc) is 2.82. The third-order valence-corrected chi connectivity index (χ3v) is 4.35. The van der Waals surface area contributed by atoms with Gasteiger partial charge in [0, 0.05) is 26.2 Å². The Morgan fingerprint density at radius 3 is 2.74 bits per heavy atom. The highest BCUT2D eigenvalue weighted by atomic mass is 16.2. The highest BCUT2D eigenvalue weighted by Gasteiger charge is 2.43. The van der Waals surface area contributed by atoms with Gasteiger partial charge in [0.25, 0.3) is 0 Å². The normalized spacial score (nSPS) is 22.8. The van der Waals surface area contributed by atoms with Crippen LogP contribution in [0.2, 0.25) is 0 Å². The van der Waals surface area contributed by atoms with Crippen LogP contribution in [0.4, 0.5) is 4.79 Å². The van der Waals surface area contributed by atoms with Gasteiger partial charge in [0.2, 0.25) is 5.91 Å². The molecule has 0 radical (unpaired) electrons. The fourth-order valence-corrected chi connectivity index (χ4v) is 2.85. The third kappa shape index (κ3) is 2.14. The van der Waals surface area contributed by atoms with E-state index in [0.29, 0.717) is 39.0 Å². The lowest BCUT2D eigenvalue weighted by Crippen LogP contribution is -2.56. The molecular formula is C13H20N4O2. The molecule has 1 N–H and O–H groups in total. The highest BCUT2D eigenvalue weighted by molar-refractivity contribution is 5.86. The molecule has 6 heteroatoms. The van der Waals surface area contributed by atoms with Crippen LogP contribution in [0.25, 0.3) is 0 Å². The predicted octanol–water partition coefficient (Wildman–Crippen LogP) is 0.552. The zero-order valence-electron chi connectivity index (χ0n) is 11.5. The highest BCUT2D eigenvalue weighted by Crippen LogP contribution is 2.29. The van der Waals surface area contributed by atoms with Crippen molar-refractivity contribution in [2.45, 2.75) is 32.7 Å². The van der Waals surface area contributed by atoms with E-state index < -0.39 is 5.41 Å². The summed E-state index contributed by atoms with van der Waals surface area (Å²) in [6.07, 6.45) is 1.06. The smallest absolute Gasteiger partial charge is 0.317 e. The van der Waals surface area contributed by atoms with Gasteiger partial charge in [-0.25, -0.2) is 4.79 Å². The van der Waals surface area contributed by atoms with Gasteiger partial charge in [0.05, 0.1) is 12.1 Å². The second kappa shape index (κ2) is 5.08. The molecule has 2 fully saturated rings. The molecule has 2 aliphatic heterocycles. The zero-order valence-corrected chi connectivity index (χ0v) is 11.5. The molecule has 1 unspecified atom stereocenters. The number of nitrogens with zero attached hydrogens (tertiary/aromatic N) is 3. The molecule has 0 aliphatic carbocycles. The quantitative estimate of drug-likeness (QED) is 0.809. The van der Waals surface area contributed by atoms with Gasteiger partial charge in [-0.2, -0.15) is 5.26 Å². The fourth-order valence-electron chi connectivity index (χ4n) is 2.85. The Labute approximate surface area is 113 Å². The van der Waals surface area contributed by atoms with Crippen molar-refractivity contribution in [2.75, 3.05) is 26.2 Å². The van der Waals surface area contributed by atoms with Gasteiger partial charge in [-0.05, 0) is 12.8 Å². The molecule has 2 heterocycles. The van der Waals surface area contributed by atoms with Crippen LogP contribution in [0.3, 0.4) is 0 Å². The Hall–Kier alpha value is -1.77. The van der Waals surface area contributed by atoms with Crippen molar-refractivity contribution >= 4 is 11.9 Å². The van der Waals surface area contributed by atoms with Crippen LogP contribution < -0.4 is 5.32 Å². The number of fused-ring (bicyclic) bond motifs is 1. The Morgan fingerprint density at radius 1 is 1.47 bits per heavy atom. The monoisotopic (exact) mass is 264 g/mol. The maximum Gasteiger partial charge on any atom is 0.317 e. The lowest BCUT2D eigenvalue weighted by atomic mass is 9.82. The molecular weight excluding hydrogens is 244 g/mol. The number of hydrogen-bond acceptors (Lipinski definition) is 3. The standard InChI is InChI=1S/C13H20N4O2/c1-3-13(4-2,9-14)11(18)16-5-6-17-10(8-16)7-15-12(17)19/h10H,3-8H2,1-2H3,(H,15,19). The average molecular weight is 264 g/mol. The van der Waals surface area contributed by atoms with Crippen LogP contribution in [-0.4, -0.2) is 54.0 Å². The minimum Gasteiger partial charge on any atom is -0.337 e. The van der Waals surface area contributed by atoms with Gasteiger partial charge in [-0.15, -0.1) is 0 Å². The molecule has 0 aromatic carbocycles. The summed E-state index contributed by atoms with van der Waals surface area (Å²) in [6, 6.07) is 2.20. The van der Waals surface area contributed by atoms with Crippen LogP contribution in [0.1, 0.15) is 26.7 Å². The summed E-state index contributed by atoms with van der Waals surface area (Å²) in [5, 5.41) is 12.1. The molecule has 2 aliphatic rings.